The Bertz CT molecular complexity index is 866. The van der Waals surface area contributed by atoms with E-state index >= 15 is 0 Å². The van der Waals surface area contributed by atoms with Gasteiger partial charge in [-0.3, -0.25) is 14.9 Å². The molecule has 3 heterocycles. The predicted molar refractivity (Wildman–Crippen MR) is 101 cm³/mol. The second-order valence-corrected chi connectivity index (χ2v) is 6.89. The molecule has 1 aliphatic rings. The van der Waals surface area contributed by atoms with Crippen LogP contribution in [-0.4, -0.2) is 28.0 Å². The smallest absolute Gasteiger partial charge is 0.123 e. The van der Waals surface area contributed by atoms with E-state index in [1.54, 1.807) is 12.1 Å². The van der Waals surface area contributed by atoms with E-state index in [1.807, 2.05) is 30.6 Å². The number of aromatic nitrogens is 2. The van der Waals surface area contributed by atoms with Gasteiger partial charge in [-0.1, -0.05) is 18.2 Å². The van der Waals surface area contributed by atoms with E-state index in [9.17, 15) is 4.39 Å². The summed E-state index contributed by atoms with van der Waals surface area (Å²) in [4.78, 5) is 11.4. The molecule has 3 nitrogen and oxygen atoms in total. The molecule has 0 amide bonds. The highest BCUT2D eigenvalue weighted by Crippen LogP contribution is 2.28. The van der Waals surface area contributed by atoms with Crippen molar-refractivity contribution in [3.63, 3.8) is 0 Å². The SMILES string of the molecule is Fc1cccc(-c2cccc(C3CCCN(Cc4ccncc4)C3)n2)c1. The standard InChI is InChI=1S/C22H22FN3/c23-20-6-1-4-18(14-20)21-7-2-8-22(25-21)19-5-3-13-26(16-19)15-17-9-11-24-12-10-17/h1-2,4,6-12,14,19H,3,5,13,15-16H2. The zero-order valence-corrected chi connectivity index (χ0v) is 14.7. The van der Waals surface area contributed by atoms with E-state index < -0.39 is 0 Å². The Labute approximate surface area is 153 Å². The summed E-state index contributed by atoms with van der Waals surface area (Å²) >= 11 is 0. The van der Waals surface area contributed by atoms with Gasteiger partial charge in [-0.15, -0.1) is 0 Å². The fourth-order valence-corrected chi connectivity index (χ4v) is 3.67. The van der Waals surface area contributed by atoms with Gasteiger partial charge < -0.3 is 0 Å². The summed E-state index contributed by atoms with van der Waals surface area (Å²) in [7, 11) is 0. The first-order valence-electron chi connectivity index (χ1n) is 9.12. The summed E-state index contributed by atoms with van der Waals surface area (Å²) in [5, 5.41) is 0. The minimum Gasteiger partial charge on any atom is -0.298 e. The maximum atomic E-state index is 13.5. The van der Waals surface area contributed by atoms with Crippen LogP contribution in [0, 0.1) is 5.82 Å². The van der Waals surface area contributed by atoms with Crippen molar-refractivity contribution in [1.29, 1.82) is 0 Å². The van der Waals surface area contributed by atoms with Crippen molar-refractivity contribution in [3.05, 3.63) is 84.1 Å². The normalized spacial score (nSPS) is 18.0. The molecule has 1 aliphatic heterocycles. The van der Waals surface area contributed by atoms with Crippen LogP contribution in [0.15, 0.2) is 67.0 Å². The fraction of sp³-hybridized carbons (Fsp3) is 0.273. The number of hydrogen-bond donors (Lipinski definition) is 0. The van der Waals surface area contributed by atoms with Gasteiger partial charge in [0.1, 0.15) is 5.82 Å². The molecule has 1 fully saturated rings. The van der Waals surface area contributed by atoms with Crippen molar-refractivity contribution in [2.75, 3.05) is 13.1 Å². The van der Waals surface area contributed by atoms with Gasteiger partial charge in [0.2, 0.25) is 0 Å². The molecule has 0 bridgehead atoms. The third-order valence-electron chi connectivity index (χ3n) is 4.97. The molecule has 4 heteroatoms. The second-order valence-electron chi connectivity index (χ2n) is 6.89. The minimum absolute atomic E-state index is 0.226. The molecule has 132 valence electrons. The van der Waals surface area contributed by atoms with Crippen molar-refractivity contribution >= 4 is 0 Å². The molecule has 1 saturated heterocycles. The monoisotopic (exact) mass is 347 g/mol. The summed E-state index contributed by atoms with van der Waals surface area (Å²) < 4.78 is 13.5. The van der Waals surface area contributed by atoms with E-state index in [0.29, 0.717) is 5.92 Å². The summed E-state index contributed by atoms with van der Waals surface area (Å²) in [6.45, 7) is 3.06. The maximum absolute atomic E-state index is 13.5. The second kappa shape index (κ2) is 7.75. The Morgan fingerprint density at radius 3 is 2.73 bits per heavy atom. The van der Waals surface area contributed by atoms with E-state index in [0.717, 1.165) is 43.0 Å². The van der Waals surface area contributed by atoms with Gasteiger partial charge in [0.25, 0.3) is 0 Å². The maximum Gasteiger partial charge on any atom is 0.123 e. The van der Waals surface area contributed by atoms with Crippen LogP contribution in [0.3, 0.4) is 0 Å². The van der Waals surface area contributed by atoms with Gasteiger partial charge in [-0.2, -0.15) is 0 Å². The van der Waals surface area contributed by atoms with Crippen LogP contribution in [0.5, 0.6) is 0 Å². The van der Waals surface area contributed by atoms with E-state index in [-0.39, 0.29) is 5.82 Å². The van der Waals surface area contributed by atoms with Gasteiger partial charge in [0.15, 0.2) is 0 Å². The van der Waals surface area contributed by atoms with E-state index in [2.05, 4.69) is 28.1 Å². The lowest BCUT2D eigenvalue weighted by molar-refractivity contribution is 0.198. The van der Waals surface area contributed by atoms with Crippen LogP contribution in [0.4, 0.5) is 4.39 Å². The number of piperidine rings is 1. The molecule has 26 heavy (non-hydrogen) atoms. The molecule has 1 aromatic carbocycles. The molecule has 0 N–H and O–H groups in total. The van der Waals surface area contributed by atoms with Crippen molar-refractivity contribution in [1.82, 2.24) is 14.9 Å². The Morgan fingerprint density at radius 1 is 1.04 bits per heavy atom. The van der Waals surface area contributed by atoms with Gasteiger partial charge >= 0.3 is 0 Å². The lowest BCUT2D eigenvalue weighted by atomic mass is 9.93. The molecular formula is C22H22FN3. The van der Waals surface area contributed by atoms with Crippen molar-refractivity contribution in [2.24, 2.45) is 0 Å². The first-order chi connectivity index (χ1) is 12.8. The van der Waals surface area contributed by atoms with Crippen LogP contribution >= 0.6 is 0 Å². The Morgan fingerprint density at radius 2 is 1.88 bits per heavy atom. The summed E-state index contributed by atoms with van der Waals surface area (Å²) in [5.41, 5.74) is 4.07. The highest BCUT2D eigenvalue weighted by atomic mass is 19.1. The molecule has 2 aromatic heterocycles. The first kappa shape index (κ1) is 16.9. The molecule has 0 aliphatic carbocycles. The van der Waals surface area contributed by atoms with Crippen molar-refractivity contribution in [3.8, 4) is 11.3 Å². The lowest BCUT2D eigenvalue weighted by Crippen LogP contribution is -2.34. The molecule has 1 atom stereocenters. The number of likely N-dealkylation sites (tertiary alicyclic amines) is 1. The largest absolute Gasteiger partial charge is 0.298 e. The third kappa shape index (κ3) is 3.97. The van der Waals surface area contributed by atoms with Crippen molar-refractivity contribution < 1.29 is 4.39 Å². The highest BCUT2D eigenvalue weighted by molar-refractivity contribution is 5.59. The molecule has 0 saturated carbocycles. The average Bonchev–Trinajstić information content (AvgIpc) is 2.69. The molecule has 4 rings (SSSR count). The number of pyridine rings is 2. The number of rotatable bonds is 4. The molecule has 3 aromatic rings. The average molecular weight is 347 g/mol. The predicted octanol–water partition coefficient (Wildman–Crippen LogP) is 4.66. The van der Waals surface area contributed by atoms with Crippen LogP contribution in [-0.2, 0) is 6.54 Å². The molecule has 0 spiro atoms. The summed E-state index contributed by atoms with van der Waals surface area (Å²) in [6.07, 6.45) is 6.01. The summed E-state index contributed by atoms with van der Waals surface area (Å²) in [6, 6.07) is 16.9. The van der Waals surface area contributed by atoms with Crippen LogP contribution in [0.25, 0.3) is 11.3 Å². The quantitative estimate of drug-likeness (QED) is 0.687. The Hall–Kier alpha value is -2.59. The van der Waals surface area contributed by atoms with Crippen LogP contribution in [0.2, 0.25) is 0 Å². The van der Waals surface area contributed by atoms with Gasteiger partial charge in [-0.25, -0.2) is 4.39 Å². The van der Waals surface area contributed by atoms with Crippen molar-refractivity contribution in [2.45, 2.75) is 25.3 Å². The van der Waals surface area contributed by atoms with E-state index in [1.165, 1.54) is 18.1 Å². The van der Waals surface area contributed by atoms with E-state index in [4.69, 9.17) is 4.98 Å². The Balaban J connectivity index is 1.51. The van der Waals surface area contributed by atoms with Gasteiger partial charge in [0, 0.05) is 42.7 Å². The van der Waals surface area contributed by atoms with Gasteiger partial charge in [-0.05, 0) is 61.3 Å². The molecule has 0 radical (unpaired) electrons. The van der Waals surface area contributed by atoms with Crippen LogP contribution < -0.4 is 0 Å². The number of benzene rings is 1. The van der Waals surface area contributed by atoms with Gasteiger partial charge in [0.05, 0.1) is 5.69 Å². The minimum atomic E-state index is -0.226. The third-order valence-corrected chi connectivity index (χ3v) is 4.97. The molecule has 1 unspecified atom stereocenters. The lowest BCUT2D eigenvalue weighted by Gasteiger charge is -2.32. The zero-order chi connectivity index (χ0) is 17.8. The number of halogens is 1. The summed E-state index contributed by atoms with van der Waals surface area (Å²) in [5.74, 6) is 0.190. The fourth-order valence-electron chi connectivity index (χ4n) is 3.67. The highest BCUT2D eigenvalue weighted by Gasteiger charge is 2.22. The Kier molecular flexibility index (Phi) is 5.02. The number of nitrogens with zero attached hydrogens (tertiary/aromatic N) is 3. The topological polar surface area (TPSA) is 29.0 Å². The van der Waals surface area contributed by atoms with Crippen LogP contribution in [0.1, 0.15) is 30.0 Å². The zero-order valence-electron chi connectivity index (χ0n) is 14.7. The molecular weight excluding hydrogens is 325 g/mol. The first-order valence-corrected chi connectivity index (χ1v) is 9.12. The number of hydrogen-bond acceptors (Lipinski definition) is 3.